The Morgan fingerprint density at radius 2 is 2.13 bits per heavy atom. The van der Waals surface area contributed by atoms with Crippen LogP contribution in [0.4, 0.5) is 0 Å². The molecule has 1 rings (SSSR count). The molecule has 0 aromatic carbocycles. The van der Waals surface area contributed by atoms with Crippen LogP contribution in [0.2, 0.25) is 0 Å². The molecule has 2 N–H and O–H groups in total. The minimum Gasteiger partial charge on any atom is -0.328 e. The molecular formula is C12H21N3. The molecule has 0 spiro atoms. The summed E-state index contributed by atoms with van der Waals surface area (Å²) >= 11 is 0. The minimum absolute atomic E-state index is 0.245. The molecule has 1 heterocycles. The quantitative estimate of drug-likeness (QED) is 0.803. The van der Waals surface area contributed by atoms with Gasteiger partial charge in [0.25, 0.3) is 0 Å². The number of aryl methyl sites for hydroxylation is 3. The van der Waals surface area contributed by atoms with Crippen molar-refractivity contribution in [2.45, 2.75) is 52.5 Å². The van der Waals surface area contributed by atoms with Crippen LogP contribution in [0, 0.1) is 6.92 Å². The predicted molar refractivity (Wildman–Crippen MR) is 62.7 cm³/mol. The second-order valence-electron chi connectivity index (χ2n) is 4.16. The topological polar surface area (TPSA) is 51.8 Å². The van der Waals surface area contributed by atoms with Gasteiger partial charge in [0.1, 0.15) is 5.82 Å². The fourth-order valence-electron chi connectivity index (χ4n) is 1.60. The van der Waals surface area contributed by atoms with Gasteiger partial charge in [0.15, 0.2) is 0 Å². The maximum absolute atomic E-state index is 5.76. The molecule has 0 fully saturated rings. The predicted octanol–water partition coefficient (Wildman–Crippen LogP) is 2.02. The van der Waals surface area contributed by atoms with Gasteiger partial charge in [-0.15, -0.1) is 0 Å². The van der Waals surface area contributed by atoms with Gasteiger partial charge in [-0.1, -0.05) is 13.3 Å². The molecule has 0 aliphatic rings. The Labute approximate surface area is 92.1 Å². The highest BCUT2D eigenvalue weighted by Crippen LogP contribution is 2.11. The van der Waals surface area contributed by atoms with Crippen molar-refractivity contribution in [3.63, 3.8) is 0 Å². The van der Waals surface area contributed by atoms with Gasteiger partial charge in [0.2, 0.25) is 0 Å². The first-order chi connectivity index (χ1) is 7.13. The first-order valence-electron chi connectivity index (χ1n) is 5.70. The lowest BCUT2D eigenvalue weighted by molar-refractivity contribution is 0.649. The summed E-state index contributed by atoms with van der Waals surface area (Å²) in [4.78, 5) is 8.74. The lowest BCUT2D eigenvalue weighted by Gasteiger charge is -2.09. The lowest BCUT2D eigenvalue weighted by atomic mass is 10.0. The van der Waals surface area contributed by atoms with Crippen molar-refractivity contribution in [3.05, 3.63) is 23.3 Å². The van der Waals surface area contributed by atoms with Crippen LogP contribution in [0.1, 0.15) is 43.8 Å². The van der Waals surface area contributed by atoms with E-state index in [1.807, 2.05) is 20.0 Å². The number of hydrogen-bond acceptors (Lipinski definition) is 3. The monoisotopic (exact) mass is 207 g/mol. The number of nitrogens with two attached hydrogens (primary N) is 1. The largest absolute Gasteiger partial charge is 0.328 e. The average Bonchev–Trinajstić information content (AvgIpc) is 2.18. The molecule has 1 aromatic heterocycles. The van der Waals surface area contributed by atoms with Crippen LogP contribution in [0.25, 0.3) is 0 Å². The van der Waals surface area contributed by atoms with Crippen LogP contribution in [-0.2, 0) is 12.8 Å². The Morgan fingerprint density at radius 3 is 2.73 bits per heavy atom. The van der Waals surface area contributed by atoms with E-state index in [1.165, 1.54) is 11.3 Å². The van der Waals surface area contributed by atoms with Gasteiger partial charge in [-0.2, -0.15) is 0 Å². The van der Waals surface area contributed by atoms with Crippen LogP contribution in [0.5, 0.6) is 0 Å². The van der Waals surface area contributed by atoms with Crippen molar-refractivity contribution in [1.29, 1.82) is 0 Å². The van der Waals surface area contributed by atoms with Crippen LogP contribution >= 0.6 is 0 Å². The summed E-state index contributed by atoms with van der Waals surface area (Å²) in [5.74, 6) is 0.856. The average molecular weight is 207 g/mol. The minimum atomic E-state index is 0.245. The zero-order valence-electron chi connectivity index (χ0n) is 9.95. The van der Waals surface area contributed by atoms with Crippen LogP contribution in [0.15, 0.2) is 6.20 Å². The summed E-state index contributed by atoms with van der Waals surface area (Å²) in [5.41, 5.74) is 8.22. The van der Waals surface area contributed by atoms with Crippen molar-refractivity contribution in [2.75, 3.05) is 0 Å². The van der Waals surface area contributed by atoms with Gasteiger partial charge in [-0.3, -0.25) is 0 Å². The van der Waals surface area contributed by atoms with Gasteiger partial charge in [-0.05, 0) is 38.7 Å². The lowest BCUT2D eigenvalue weighted by Crippen LogP contribution is -2.16. The van der Waals surface area contributed by atoms with E-state index in [2.05, 4.69) is 16.9 Å². The fourth-order valence-corrected chi connectivity index (χ4v) is 1.60. The number of hydrogen-bond donors (Lipinski definition) is 1. The van der Waals surface area contributed by atoms with E-state index in [9.17, 15) is 0 Å². The maximum Gasteiger partial charge on any atom is 0.125 e. The third kappa shape index (κ3) is 3.96. The molecule has 15 heavy (non-hydrogen) atoms. The first kappa shape index (κ1) is 12.1. The van der Waals surface area contributed by atoms with E-state index in [0.29, 0.717) is 0 Å². The van der Waals surface area contributed by atoms with Crippen molar-refractivity contribution >= 4 is 0 Å². The normalized spacial score (nSPS) is 12.8. The Balaban J connectivity index is 2.77. The summed E-state index contributed by atoms with van der Waals surface area (Å²) in [7, 11) is 0. The Hall–Kier alpha value is -0.960. The van der Waals surface area contributed by atoms with E-state index in [0.717, 1.165) is 31.5 Å². The van der Waals surface area contributed by atoms with Crippen molar-refractivity contribution in [3.8, 4) is 0 Å². The highest BCUT2D eigenvalue weighted by Gasteiger charge is 2.06. The van der Waals surface area contributed by atoms with Gasteiger partial charge in [0, 0.05) is 17.9 Å². The molecule has 3 heteroatoms. The molecular weight excluding hydrogens is 186 g/mol. The van der Waals surface area contributed by atoms with Crippen molar-refractivity contribution < 1.29 is 0 Å². The first-order valence-corrected chi connectivity index (χ1v) is 5.70. The van der Waals surface area contributed by atoms with Gasteiger partial charge in [0.05, 0.1) is 0 Å². The summed E-state index contributed by atoms with van der Waals surface area (Å²) in [6, 6.07) is 0.245. The van der Waals surface area contributed by atoms with Crippen LogP contribution < -0.4 is 5.73 Å². The summed E-state index contributed by atoms with van der Waals surface area (Å²) in [6.45, 7) is 6.15. The van der Waals surface area contributed by atoms with Crippen molar-refractivity contribution in [1.82, 2.24) is 9.97 Å². The Morgan fingerprint density at radius 1 is 1.40 bits per heavy atom. The third-order valence-corrected chi connectivity index (χ3v) is 2.43. The van der Waals surface area contributed by atoms with Crippen molar-refractivity contribution in [2.24, 2.45) is 5.73 Å². The molecule has 0 radical (unpaired) electrons. The molecule has 0 aliphatic carbocycles. The summed E-state index contributed by atoms with van der Waals surface area (Å²) in [5, 5.41) is 0. The zero-order chi connectivity index (χ0) is 11.3. The second kappa shape index (κ2) is 5.81. The molecule has 1 aromatic rings. The maximum atomic E-state index is 5.76. The zero-order valence-corrected chi connectivity index (χ0v) is 9.95. The number of aromatic nitrogens is 2. The molecule has 1 unspecified atom stereocenters. The number of rotatable bonds is 5. The summed E-state index contributed by atoms with van der Waals surface area (Å²) < 4.78 is 0. The van der Waals surface area contributed by atoms with E-state index in [1.54, 1.807) is 0 Å². The SMILES string of the molecule is CCCc1cnc(C)nc1CCC(C)N. The fraction of sp³-hybridized carbons (Fsp3) is 0.667. The highest BCUT2D eigenvalue weighted by molar-refractivity contribution is 5.18. The molecule has 0 bridgehead atoms. The van der Waals surface area contributed by atoms with Gasteiger partial charge in [-0.25, -0.2) is 9.97 Å². The Kier molecular flexibility index (Phi) is 4.69. The molecule has 84 valence electrons. The van der Waals surface area contributed by atoms with Crippen LogP contribution in [0.3, 0.4) is 0 Å². The Bertz CT molecular complexity index is 308. The molecule has 0 saturated carbocycles. The molecule has 0 amide bonds. The standard InChI is InChI=1S/C12H21N3/c1-4-5-11-8-14-10(3)15-12(11)7-6-9(2)13/h8-9H,4-7,13H2,1-3H3. The van der Waals surface area contributed by atoms with E-state index < -0.39 is 0 Å². The highest BCUT2D eigenvalue weighted by atomic mass is 14.9. The van der Waals surface area contributed by atoms with E-state index >= 15 is 0 Å². The number of nitrogens with zero attached hydrogens (tertiary/aromatic N) is 2. The smallest absolute Gasteiger partial charge is 0.125 e. The van der Waals surface area contributed by atoms with E-state index in [-0.39, 0.29) is 6.04 Å². The third-order valence-electron chi connectivity index (χ3n) is 2.43. The molecule has 1 atom stereocenters. The molecule has 0 saturated heterocycles. The van der Waals surface area contributed by atoms with E-state index in [4.69, 9.17) is 5.73 Å². The van der Waals surface area contributed by atoms with Gasteiger partial charge >= 0.3 is 0 Å². The molecule has 3 nitrogen and oxygen atoms in total. The second-order valence-corrected chi connectivity index (χ2v) is 4.16. The van der Waals surface area contributed by atoms with Crippen LogP contribution in [-0.4, -0.2) is 16.0 Å². The summed E-state index contributed by atoms with van der Waals surface area (Å²) in [6.07, 6.45) is 6.12. The van der Waals surface area contributed by atoms with Gasteiger partial charge < -0.3 is 5.73 Å². The molecule has 0 aliphatic heterocycles.